The highest BCUT2D eigenvalue weighted by Gasteiger charge is 2.16. The molecule has 4 nitrogen and oxygen atoms in total. The van der Waals surface area contributed by atoms with Crippen LogP contribution < -0.4 is 10.9 Å². The average Bonchev–Trinajstić information content (AvgIpc) is 2.18. The van der Waals surface area contributed by atoms with Crippen molar-refractivity contribution >= 4 is 0 Å². The number of H-pyrrole nitrogens is 1. The number of nitrogens with zero attached hydrogens (tertiary/aromatic N) is 1. The molecule has 76 valence electrons. The van der Waals surface area contributed by atoms with E-state index in [0.29, 0.717) is 11.7 Å². The largest absolute Gasteiger partial charge is 0.316 e. The third-order valence-electron chi connectivity index (χ3n) is 2.60. The van der Waals surface area contributed by atoms with E-state index in [-0.39, 0.29) is 5.56 Å². The van der Waals surface area contributed by atoms with Gasteiger partial charge < -0.3 is 10.3 Å². The Morgan fingerprint density at radius 3 is 3.07 bits per heavy atom. The standard InChI is InChI=1S/C10H15N3O/c1-7-12-9(5-10(14)13-7)8-3-2-4-11-6-8/h5,8,11H,2-4,6H2,1H3,(H,12,13,14). The highest BCUT2D eigenvalue weighted by molar-refractivity contribution is 5.09. The maximum atomic E-state index is 11.2. The van der Waals surface area contributed by atoms with E-state index in [1.54, 1.807) is 6.07 Å². The number of nitrogens with one attached hydrogen (secondary N) is 2. The fraction of sp³-hybridized carbons (Fsp3) is 0.600. The molecule has 1 atom stereocenters. The number of hydrogen-bond donors (Lipinski definition) is 2. The Balaban J connectivity index is 2.26. The lowest BCUT2D eigenvalue weighted by molar-refractivity contribution is 0.453. The zero-order valence-electron chi connectivity index (χ0n) is 8.34. The van der Waals surface area contributed by atoms with Gasteiger partial charge in [-0.15, -0.1) is 0 Å². The minimum atomic E-state index is -0.0435. The van der Waals surface area contributed by atoms with Crippen LogP contribution in [0.4, 0.5) is 0 Å². The van der Waals surface area contributed by atoms with Gasteiger partial charge in [0, 0.05) is 18.5 Å². The van der Waals surface area contributed by atoms with Crippen LogP contribution in [0.1, 0.15) is 30.3 Å². The fourth-order valence-corrected chi connectivity index (χ4v) is 1.92. The third kappa shape index (κ3) is 2.01. The van der Waals surface area contributed by atoms with Crippen LogP contribution in [-0.4, -0.2) is 23.1 Å². The summed E-state index contributed by atoms with van der Waals surface area (Å²) in [6.45, 7) is 3.84. The first kappa shape index (κ1) is 9.40. The summed E-state index contributed by atoms with van der Waals surface area (Å²) in [5.41, 5.74) is 0.886. The van der Waals surface area contributed by atoms with E-state index in [4.69, 9.17) is 0 Å². The normalized spacial score (nSPS) is 22.2. The summed E-state index contributed by atoms with van der Waals surface area (Å²) in [5.74, 6) is 1.11. The quantitative estimate of drug-likeness (QED) is 0.684. The molecule has 1 fully saturated rings. The summed E-state index contributed by atoms with van der Waals surface area (Å²) in [6, 6.07) is 1.62. The van der Waals surface area contributed by atoms with Crippen molar-refractivity contribution in [3.63, 3.8) is 0 Å². The van der Waals surface area contributed by atoms with Gasteiger partial charge in [-0.2, -0.15) is 0 Å². The molecule has 1 unspecified atom stereocenters. The number of aromatic nitrogens is 2. The Hall–Kier alpha value is -1.16. The van der Waals surface area contributed by atoms with Crippen LogP contribution in [0.2, 0.25) is 0 Å². The molecule has 4 heteroatoms. The Labute approximate surface area is 82.8 Å². The first-order chi connectivity index (χ1) is 6.75. The zero-order chi connectivity index (χ0) is 9.97. The molecule has 0 saturated carbocycles. The molecule has 0 radical (unpaired) electrons. The van der Waals surface area contributed by atoms with Gasteiger partial charge in [0.05, 0.1) is 5.69 Å². The zero-order valence-corrected chi connectivity index (χ0v) is 8.34. The minimum Gasteiger partial charge on any atom is -0.316 e. The van der Waals surface area contributed by atoms with Crippen molar-refractivity contribution in [2.24, 2.45) is 0 Å². The second kappa shape index (κ2) is 3.92. The topological polar surface area (TPSA) is 57.8 Å². The molecule has 14 heavy (non-hydrogen) atoms. The third-order valence-corrected chi connectivity index (χ3v) is 2.60. The molecule has 1 aromatic rings. The van der Waals surface area contributed by atoms with Gasteiger partial charge in [0.15, 0.2) is 0 Å². The summed E-state index contributed by atoms with van der Waals surface area (Å²) < 4.78 is 0. The van der Waals surface area contributed by atoms with Gasteiger partial charge in [0.2, 0.25) is 0 Å². The molecule has 2 rings (SSSR count). The first-order valence-electron chi connectivity index (χ1n) is 5.04. The number of aryl methyl sites for hydroxylation is 1. The SMILES string of the molecule is Cc1nc(C2CCCNC2)cc(=O)[nH]1. The van der Waals surface area contributed by atoms with Crippen molar-refractivity contribution in [1.29, 1.82) is 0 Å². The van der Waals surface area contributed by atoms with E-state index < -0.39 is 0 Å². The van der Waals surface area contributed by atoms with E-state index in [9.17, 15) is 4.79 Å². The van der Waals surface area contributed by atoms with Gasteiger partial charge in [-0.1, -0.05) is 0 Å². The molecule has 0 bridgehead atoms. The van der Waals surface area contributed by atoms with Crippen molar-refractivity contribution in [2.75, 3.05) is 13.1 Å². The molecular formula is C10H15N3O. The van der Waals surface area contributed by atoms with Crippen LogP contribution >= 0.6 is 0 Å². The van der Waals surface area contributed by atoms with Crippen LogP contribution in [0.25, 0.3) is 0 Å². The number of hydrogen-bond acceptors (Lipinski definition) is 3. The minimum absolute atomic E-state index is 0.0435. The predicted octanol–water partition coefficient (Wildman–Crippen LogP) is 0.545. The van der Waals surface area contributed by atoms with E-state index in [0.717, 1.165) is 31.6 Å². The van der Waals surface area contributed by atoms with E-state index in [1.807, 2.05) is 6.92 Å². The molecular weight excluding hydrogens is 178 g/mol. The number of piperidine rings is 1. The van der Waals surface area contributed by atoms with Gasteiger partial charge >= 0.3 is 0 Å². The smallest absolute Gasteiger partial charge is 0.251 e. The van der Waals surface area contributed by atoms with Crippen LogP contribution in [0.5, 0.6) is 0 Å². The molecule has 1 saturated heterocycles. The maximum Gasteiger partial charge on any atom is 0.251 e. The van der Waals surface area contributed by atoms with Crippen molar-refractivity contribution in [3.05, 3.63) is 27.9 Å². The molecule has 1 aromatic heterocycles. The van der Waals surface area contributed by atoms with Crippen molar-refractivity contribution in [1.82, 2.24) is 15.3 Å². The van der Waals surface area contributed by atoms with Crippen LogP contribution in [0.3, 0.4) is 0 Å². The lowest BCUT2D eigenvalue weighted by Crippen LogP contribution is -2.29. The van der Waals surface area contributed by atoms with Crippen molar-refractivity contribution < 1.29 is 0 Å². The summed E-state index contributed by atoms with van der Waals surface area (Å²) in [7, 11) is 0. The highest BCUT2D eigenvalue weighted by Crippen LogP contribution is 2.19. The van der Waals surface area contributed by atoms with E-state index in [2.05, 4.69) is 15.3 Å². The van der Waals surface area contributed by atoms with Crippen molar-refractivity contribution in [3.8, 4) is 0 Å². The highest BCUT2D eigenvalue weighted by atomic mass is 16.1. The van der Waals surface area contributed by atoms with E-state index >= 15 is 0 Å². The molecule has 0 aliphatic carbocycles. The number of aromatic amines is 1. The predicted molar refractivity (Wildman–Crippen MR) is 54.4 cm³/mol. The second-order valence-electron chi connectivity index (χ2n) is 3.80. The molecule has 2 heterocycles. The maximum absolute atomic E-state index is 11.2. The average molecular weight is 193 g/mol. The summed E-state index contributed by atoms with van der Waals surface area (Å²) in [6.07, 6.45) is 2.29. The monoisotopic (exact) mass is 193 g/mol. The molecule has 0 spiro atoms. The lowest BCUT2D eigenvalue weighted by Gasteiger charge is -2.21. The first-order valence-corrected chi connectivity index (χ1v) is 5.04. The lowest BCUT2D eigenvalue weighted by atomic mass is 9.96. The number of rotatable bonds is 1. The summed E-state index contributed by atoms with van der Waals surface area (Å²) in [5, 5.41) is 3.32. The van der Waals surface area contributed by atoms with E-state index in [1.165, 1.54) is 0 Å². The van der Waals surface area contributed by atoms with Gasteiger partial charge in [0.25, 0.3) is 5.56 Å². The van der Waals surface area contributed by atoms with Crippen LogP contribution in [0.15, 0.2) is 10.9 Å². The molecule has 2 N–H and O–H groups in total. The Morgan fingerprint density at radius 2 is 2.43 bits per heavy atom. The fourth-order valence-electron chi connectivity index (χ4n) is 1.92. The summed E-state index contributed by atoms with van der Waals surface area (Å²) >= 11 is 0. The van der Waals surface area contributed by atoms with Crippen LogP contribution in [-0.2, 0) is 0 Å². The molecule has 1 aliphatic rings. The van der Waals surface area contributed by atoms with Crippen molar-refractivity contribution in [2.45, 2.75) is 25.7 Å². The van der Waals surface area contributed by atoms with Crippen LogP contribution in [0, 0.1) is 6.92 Å². The molecule has 0 aromatic carbocycles. The Kier molecular flexibility index (Phi) is 2.63. The Morgan fingerprint density at radius 1 is 1.57 bits per heavy atom. The molecule has 0 amide bonds. The summed E-state index contributed by atoms with van der Waals surface area (Å²) in [4.78, 5) is 18.3. The second-order valence-corrected chi connectivity index (χ2v) is 3.80. The van der Waals surface area contributed by atoms with Gasteiger partial charge in [-0.05, 0) is 26.3 Å². The van der Waals surface area contributed by atoms with Gasteiger partial charge in [-0.3, -0.25) is 4.79 Å². The van der Waals surface area contributed by atoms with Gasteiger partial charge in [0.1, 0.15) is 5.82 Å². The molecule has 1 aliphatic heterocycles. The van der Waals surface area contributed by atoms with Gasteiger partial charge in [-0.25, -0.2) is 4.98 Å². The Bertz CT molecular complexity index is 366.